The van der Waals surface area contributed by atoms with Gasteiger partial charge in [0.1, 0.15) is 11.5 Å². The molecule has 0 saturated carbocycles. The number of carboxylic acids is 1. The molecule has 0 saturated heterocycles. The van der Waals surface area contributed by atoms with Gasteiger partial charge in [-0.2, -0.15) is 5.10 Å². The molecule has 0 atom stereocenters. The summed E-state index contributed by atoms with van der Waals surface area (Å²) in [5.41, 5.74) is 1.06. The number of hydrogen-bond donors (Lipinski definition) is 3. The van der Waals surface area contributed by atoms with Crippen molar-refractivity contribution in [2.75, 3.05) is 10.6 Å². The molecule has 2 aromatic carbocycles. The first-order valence-electron chi connectivity index (χ1n) is 8.84. The number of carbonyl (C=O) groups excluding carboxylic acids is 1. The minimum Gasteiger partial charge on any atom is -0.481 e. The summed E-state index contributed by atoms with van der Waals surface area (Å²) in [7, 11) is 0. The summed E-state index contributed by atoms with van der Waals surface area (Å²) in [5.74, 6) is -0.909. The van der Waals surface area contributed by atoms with Gasteiger partial charge in [0.2, 0.25) is 0 Å². The number of aromatic nitrogens is 2. The molecule has 7 nitrogen and oxygen atoms in total. The normalized spacial score (nSPS) is 10.8. The number of amides is 2. The van der Waals surface area contributed by atoms with Crippen LogP contribution in [0.1, 0.15) is 24.1 Å². The summed E-state index contributed by atoms with van der Waals surface area (Å²) in [4.78, 5) is 23.1. The fraction of sp³-hybridized carbons (Fsp3) is 0.150. The molecule has 0 aliphatic carbocycles. The Morgan fingerprint density at radius 3 is 2.50 bits per heavy atom. The monoisotopic (exact) mass is 434 g/mol. The van der Waals surface area contributed by atoms with Crippen LogP contribution in [0.3, 0.4) is 0 Å². The van der Waals surface area contributed by atoms with Crippen molar-refractivity contribution in [2.24, 2.45) is 0 Å². The minimum absolute atomic E-state index is 0.0344. The van der Waals surface area contributed by atoms with Crippen LogP contribution in [0.5, 0.6) is 0 Å². The second-order valence-corrected chi connectivity index (χ2v) is 6.75. The summed E-state index contributed by atoms with van der Waals surface area (Å²) < 4.78 is 27.6. The first-order chi connectivity index (χ1) is 14.3. The number of rotatable bonds is 7. The van der Waals surface area contributed by atoms with E-state index < -0.39 is 24.1 Å². The van der Waals surface area contributed by atoms with Crippen molar-refractivity contribution in [3.63, 3.8) is 0 Å². The van der Waals surface area contributed by atoms with E-state index in [0.29, 0.717) is 22.0 Å². The van der Waals surface area contributed by atoms with Gasteiger partial charge in [0.25, 0.3) is 6.43 Å². The van der Waals surface area contributed by atoms with Gasteiger partial charge >= 0.3 is 12.0 Å². The van der Waals surface area contributed by atoms with Gasteiger partial charge in [-0.15, -0.1) is 0 Å². The Bertz CT molecular complexity index is 1050. The maximum Gasteiger partial charge on any atom is 0.324 e. The highest BCUT2D eigenvalue weighted by atomic mass is 35.5. The minimum atomic E-state index is -2.83. The van der Waals surface area contributed by atoms with Crippen molar-refractivity contribution < 1.29 is 23.5 Å². The van der Waals surface area contributed by atoms with Crippen LogP contribution >= 0.6 is 11.6 Å². The summed E-state index contributed by atoms with van der Waals surface area (Å²) >= 11 is 5.81. The van der Waals surface area contributed by atoms with Crippen LogP contribution in [0.2, 0.25) is 5.02 Å². The van der Waals surface area contributed by atoms with Crippen molar-refractivity contribution in [3.05, 3.63) is 70.9 Å². The third-order valence-corrected chi connectivity index (χ3v) is 4.33. The first-order valence-corrected chi connectivity index (χ1v) is 9.22. The maximum atomic E-state index is 13.2. The molecular formula is C20H17ClF2N4O3. The number of halogens is 3. The second kappa shape index (κ2) is 9.36. The van der Waals surface area contributed by atoms with Crippen molar-refractivity contribution in [1.82, 2.24) is 9.78 Å². The van der Waals surface area contributed by atoms with Crippen LogP contribution < -0.4 is 10.6 Å². The van der Waals surface area contributed by atoms with Crippen LogP contribution in [-0.4, -0.2) is 26.9 Å². The lowest BCUT2D eigenvalue weighted by atomic mass is 10.1. The molecular weight excluding hydrogens is 418 g/mol. The Balaban J connectivity index is 1.84. The van der Waals surface area contributed by atoms with Crippen LogP contribution in [0.25, 0.3) is 5.69 Å². The topological polar surface area (TPSA) is 96.2 Å². The van der Waals surface area contributed by atoms with Gasteiger partial charge in [-0.05, 0) is 48.4 Å². The summed E-state index contributed by atoms with van der Waals surface area (Å²) in [6.45, 7) is 0. The third-order valence-electron chi connectivity index (χ3n) is 4.08. The van der Waals surface area contributed by atoms with Gasteiger partial charge < -0.3 is 10.4 Å². The van der Waals surface area contributed by atoms with E-state index in [1.165, 1.54) is 4.68 Å². The molecule has 0 radical (unpaired) electrons. The summed E-state index contributed by atoms with van der Waals surface area (Å²) in [6.07, 6.45) is -2.63. The van der Waals surface area contributed by atoms with Crippen LogP contribution in [-0.2, 0) is 11.2 Å². The lowest BCUT2D eigenvalue weighted by molar-refractivity contribution is -0.136. The highest BCUT2D eigenvalue weighted by Gasteiger charge is 2.18. The van der Waals surface area contributed by atoms with Crippen LogP contribution in [0.15, 0.2) is 54.6 Å². The lowest BCUT2D eigenvalue weighted by Gasteiger charge is -2.11. The van der Waals surface area contributed by atoms with Crippen LogP contribution in [0.4, 0.5) is 25.1 Å². The molecule has 0 aliphatic rings. The zero-order valence-electron chi connectivity index (χ0n) is 15.5. The fourth-order valence-corrected chi connectivity index (χ4v) is 2.82. The predicted octanol–water partition coefficient (Wildman–Crippen LogP) is 5.12. The van der Waals surface area contributed by atoms with E-state index in [2.05, 4.69) is 15.7 Å². The number of nitrogens with one attached hydrogen (secondary N) is 2. The van der Waals surface area contributed by atoms with Crippen molar-refractivity contribution in [3.8, 4) is 5.69 Å². The van der Waals surface area contributed by atoms with Gasteiger partial charge in [-0.1, -0.05) is 23.7 Å². The number of nitrogens with zero attached hydrogens (tertiary/aromatic N) is 2. The standard InChI is InChI=1S/C20H17ClF2N4O3/c21-13-5-7-14(8-6-13)24-20(30)25-17-11-16(19(22)23)26-27(17)15-3-1-2-12(10-15)4-9-18(28)29/h1-3,5-8,10-11,19H,4,9H2,(H,28,29)(H2,24,25,30). The molecule has 2 amide bonds. The largest absolute Gasteiger partial charge is 0.481 e. The van der Waals surface area contributed by atoms with E-state index in [9.17, 15) is 18.4 Å². The number of carboxylic acid groups (broad SMARTS) is 1. The Labute approximate surface area is 175 Å². The van der Waals surface area contributed by atoms with Crippen molar-refractivity contribution in [2.45, 2.75) is 19.3 Å². The van der Waals surface area contributed by atoms with Gasteiger partial charge in [-0.3, -0.25) is 10.1 Å². The third kappa shape index (κ3) is 5.54. The highest BCUT2D eigenvalue weighted by Crippen LogP contribution is 2.25. The molecule has 3 rings (SSSR count). The molecule has 156 valence electrons. The zero-order chi connectivity index (χ0) is 21.7. The van der Waals surface area contributed by atoms with E-state index in [0.717, 1.165) is 6.07 Å². The molecule has 10 heteroatoms. The number of aliphatic carboxylic acids is 1. The Hall–Kier alpha value is -3.46. The molecule has 30 heavy (non-hydrogen) atoms. The molecule has 0 bridgehead atoms. The maximum absolute atomic E-state index is 13.2. The number of anilines is 2. The number of urea groups is 1. The average Bonchev–Trinajstić information content (AvgIpc) is 3.12. The van der Waals surface area contributed by atoms with Gasteiger partial charge in [0.05, 0.1) is 5.69 Å². The summed E-state index contributed by atoms with van der Waals surface area (Å²) in [6, 6.07) is 13.4. The molecule has 3 aromatic rings. The number of aryl methyl sites for hydroxylation is 1. The van der Waals surface area contributed by atoms with E-state index in [4.69, 9.17) is 16.7 Å². The Morgan fingerprint density at radius 1 is 1.10 bits per heavy atom. The molecule has 1 aromatic heterocycles. The van der Waals surface area contributed by atoms with Crippen molar-refractivity contribution in [1.29, 1.82) is 0 Å². The number of benzene rings is 2. The Morgan fingerprint density at radius 2 is 1.83 bits per heavy atom. The molecule has 1 heterocycles. The SMILES string of the molecule is O=C(O)CCc1cccc(-n2nc(C(F)F)cc2NC(=O)Nc2ccc(Cl)cc2)c1. The molecule has 0 unspecified atom stereocenters. The van der Waals surface area contributed by atoms with Crippen LogP contribution in [0, 0.1) is 0 Å². The predicted molar refractivity (Wildman–Crippen MR) is 109 cm³/mol. The first kappa shape index (κ1) is 21.3. The number of hydrogen-bond acceptors (Lipinski definition) is 3. The molecule has 0 fully saturated rings. The fourth-order valence-electron chi connectivity index (χ4n) is 2.70. The van der Waals surface area contributed by atoms with Gasteiger partial charge in [-0.25, -0.2) is 18.3 Å². The summed E-state index contributed by atoms with van der Waals surface area (Å²) in [5, 5.41) is 18.3. The molecule has 3 N–H and O–H groups in total. The Kier molecular flexibility index (Phi) is 6.63. The van der Waals surface area contributed by atoms with Gasteiger partial charge in [0.15, 0.2) is 0 Å². The quantitative estimate of drug-likeness (QED) is 0.480. The van der Waals surface area contributed by atoms with Crippen molar-refractivity contribution >= 4 is 35.1 Å². The van der Waals surface area contributed by atoms with E-state index >= 15 is 0 Å². The molecule has 0 aliphatic heterocycles. The number of carbonyl (C=O) groups is 2. The second-order valence-electron chi connectivity index (χ2n) is 6.32. The lowest BCUT2D eigenvalue weighted by Crippen LogP contribution is -2.21. The van der Waals surface area contributed by atoms with E-state index in [-0.39, 0.29) is 18.7 Å². The zero-order valence-corrected chi connectivity index (χ0v) is 16.2. The van der Waals surface area contributed by atoms with E-state index in [1.807, 2.05) is 0 Å². The molecule has 0 spiro atoms. The highest BCUT2D eigenvalue weighted by molar-refractivity contribution is 6.30. The van der Waals surface area contributed by atoms with E-state index in [1.54, 1.807) is 48.5 Å². The average molecular weight is 435 g/mol. The smallest absolute Gasteiger partial charge is 0.324 e. The number of alkyl halides is 2. The van der Waals surface area contributed by atoms with Gasteiger partial charge in [0, 0.05) is 23.2 Å².